The number of thiophene rings is 1. The number of urea groups is 1. The quantitative estimate of drug-likeness (QED) is 0.759. The van der Waals surface area contributed by atoms with Crippen LogP contribution in [0.2, 0.25) is 0 Å². The lowest BCUT2D eigenvalue weighted by Crippen LogP contribution is -2.28. The highest BCUT2D eigenvalue weighted by molar-refractivity contribution is 7.08. The molecule has 0 aliphatic carbocycles. The number of hydrogen-bond donors (Lipinski definition) is 2. The van der Waals surface area contributed by atoms with Gasteiger partial charge >= 0.3 is 6.03 Å². The Kier molecular flexibility index (Phi) is 3.75. The van der Waals surface area contributed by atoms with Gasteiger partial charge in [0.15, 0.2) is 11.5 Å². The zero-order chi connectivity index (χ0) is 16.4. The van der Waals surface area contributed by atoms with Gasteiger partial charge in [-0.2, -0.15) is 11.3 Å². The van der Waals surface area contributed by atoms with Crippen LogP contribution in [0.4, 0.5) is 10.5 Å². The summed E-state index contributed by atoms with van der Waals surface area (Å²) in [4.78, 5) is 12.0. The lowest BCUT2D eigenvalue weighted by molar-refractivity contribution is 0.174. The third-order valence-electron chi connectivity index (χ3n) is 3.37. The van der Waals surface area contributed by atoms with Crippen LogP contribution >= 0.6 is 11.3 Å². The zero-order valence-electron chi connectivity index (χ0n) is 12.4. The maximum atomic E-state index is 12.0. The molecule has 4 rings (SSSR count). The molecule has 0 bridgehead atoms. The Balaban J connectivity index is 1.33. The van der Waals surface area contributed by atoms with Crippen molar-refractivity contribution < 1.29 is 14.3 Å². The predicted octanol–water partition coefficient (Wildman–Crippen LogP) is 2.38. The van der Waals surface area contributed by atoms with Gasteiger partial charge in [0.25, 0.3) is 0 Å². The number of nitrogens with one attached hydrogen (secondary N) is 2. The van der Waals surface area contributed by atoms with Crippen molar-refractivity contribution in [3.63, 3.8) is 0 Å². The number of ether oxygens (including phenoxy) is 2. The second-order valence-electron chi connectivity index (χ2n) is 5.01. The Morgan fingerprint density at radius 3 is 3.08 bits per heavy atom. The summed E-state index contributed by atoms with van der Waals surface area (Å²) in [5.74, 6) is 1.29. The summed E-state index contributed by atoms with van der Waals surface area (Å²) >= 11 is 1.58. The Hall–Kier alpha value is -3.07. The van der Waals surface area contributed by atoms with E-state index in [1.54, 1.807) is 40.4 Å². The second kappa shape index (κ2) is 6.20. The van der Waals surface area contributed by atoms with Crippen LogP contribution in [0.5, 0.6) is 11.5 Å². The summed E-state index contributed by atoms with van der Waals surface area (Å²) in [6.07, 6.45) is 1.78. The highest BCUT2D eigenvalue weighted by Gasteiger charge is 2.14. The molecule has 1 aliphatic heterocycles. The third-order valence-corrected chi connectivity index (χ3v) is 4.04. The van der Waals surface area contributed by atoms with Crippen molar-refractivity contribution in [2.45, 2.75) is 6.54 Å². The summed E-state index contributed by atoms with van der Waals surface area (Å²) in [7, 11) is 0. The number of anilines is 1. The molecule has 0 radical (unpaired) electrons. The Bertz CT molecular complexity index is 862. The van der Waals surface area contributed by atoms with Gasteiger partial charge in [-0.25, -0.2) is 9.48 Å². The van der Waals surface area contributed by atoms with Gasteiger partial charge in [-0.1, -0.05) is 5.21 Å². The summed E-state index contributed by atoms with van der Waals surface area (Å²) in [5, 5.41) is 17.5. The van der Waals surface area contributed by atoms with Gasteiger partial charge in [-0.3, -0.25) is 0 Å². The first kappa shape index (κ1) is 14.5. The van der Waals surface area contributed by atoms with E-state index in [1.807, 2.05) is 16.8 Å². The van der Waals surface area contributed by atoms with Crippen molar-refractivity contribution in [3.05, 3.63) is 46.9 Å². The Morgan fingerprint density at radius 1 is 1.29 bits per heavy atom. The molecule has 3 heterocycles. The average Bonchev–Trinajstić information content (AvgIpc) is 3.32. The van der Waals surface area contributed by atoms with Gasteiger partial charge < -0.3 is 20.1 Å². The van der Waals surface area contributed by atoms with Crippen LogP contribution in [-0.4, -0.2) is 27.8 Å². The molecule has 8 nitrogen and oxygen atoms in total. The normalized spacial score (nSPS) is 12.2. The molecule has 2 N–H and O–H groups in total. The van der Waals surface area contributed by atoms with E-state index in [0.717, 1.165) is 5.69 Å². The maximum absolute atomic E-state index is 12.0. The van der Waals surface area contributed by atoms with E-state index in [0.29, 0.717) is 22.9 Å². The van der Waals surface area contributed by atoms with Gasteiger partial charge in [0.05, 0.1) is 18.4 Å². The molecule has 0 spiro atoms. The van der Waals surface area contributed by atoms with Crippen LogP contribution in [-0.2, 0) is 6.54 Å². The average molecular weight is 343 g/mol. The standard InChI is InChI=1S/C15H13N5O3S/c21-15(17-10-1-2-13-14(5-10)23-9-22-13)16-6-11-7-20(19-18-11)12-3-4-24-8-12/h1-5,7-8H,6,9H2,(H2,16,17,21). The zero-order valence-corrected chi connectivity index (χ0v) is 13.2. The van der Waals surface area contributed by atoms with Crippen molar-refractivity contribution >= 4 is 23.1 Å². The molecule has 3 aromatic rings. The topological polar surface area (TPSA) is 90.3 Å². The minimum Gasteiger partial charge on any atom is -0.454 e. The smallest absolute Gasteiger partial charge is 0.319 e. The lowest BCUT2D eigenvalue weighted by Gasteiger charge is -2.07. The second-order valence-corrected chi connectivity index (χ2v) is 5.79. The van der Waals surface area contributed by atoms with Gasteiger partial charge in [0, 0.05) is 17.1 Å². The Labute approximate surface area is 141 Å². The van der Waals surface area contributed by atoms with Crippen molar-refractivity contribution in [1.29, 1.82) is 0 Å². The first-order valence-corrected chi connectivity index (χ1v) is 8.10. The molecule has 0 saturated heterocycles. The summed E-state index contributed by atoms with van der Waals surface area (Å²) in [6.45, 7) is 0.477. The van der Waals surface area contributed by atoms with Gasteiger partial charge in [-0.05, 0) is 23.6 Å². The first-order valence-electron chi connectivity index (χ1n) is 7.16. The predicted molar refractivity (Wildman–Crippen MR) is 87.7 cm³/mol. The molecule has 24 heavy (non-hydrogen) atoms. The van der Waals surface area contributed by atoms with E-state index < -0.39 is 0 Å². The molecule has 122 valence electrons. The molecule has 1 aliphatic rings. The molecule has 2 amide bonds. The number of rotatable bonds is 4. The maximum Gasteiger partial charge on any atom is 0.319 e. The molecular formula is C15H13N5O3S. The van der Waals surface area contributed by atoms with Crippen LogP contribution < -0.4 is 20.1 Å². The summed E-state index contributed by atoms with van der Waals surface area (Å²) in [5.41, 5.74) is 2.24. The third kappa shape index (κ3) is 3.01. The van der Waals surface area contributed by atoms with Crippen LogP contribution in [0.15, 0.2) is 41.2 Å². The summed E-state index contributed by atoms with van der Waals surface area (Å²) in [6, 6.07) is 6.83. The van der Waals surface area contributed by atoms with Crippen LogP contribution in [0.3, 0.4) is 0 Å². The molecular weight excluding hydrogens is 330 g/mol. The number of benzene rings is 1. The number of fused-ring (bicyclic) bond motifs is 1. The molecule has 0 fully saturated rings. The van der Waals surface area contributed by atoms with E-state index in [1.165, 1.54) is 0 Å². The molecule has 0 atom stereocenters. The number of aromatic nitrogens is 3. The van der Waals surface area contributed by atoms with E-state index >= 15 is 0 Å². The fraction of sp³-hybridized carbons (Fsp3) is 0.133. The minimum absolute atomic E-state index is 0.199. The number of carbonyl (C=O) groups is 1. The lowest BCUT2D eigenvalue weighted by atomic mass is 10.3. The van der Waals surface area contributed by atoms with Gasteiger partial charge in [0.2, 0.25) is 6.79 Å². The van der Waals surface area contributed by atoms with Crippen molar-refractivity contribution in [3.8, 4) is 17.2 Å². The molecule has 9 heteroatoms. The highest BCUT2D eigenvalue weighted by Crippen LogP contribution is 2.34. The minimum atomic E-state index is -0.334. The fourth-order valence-electron chi connectivity index (χ4n) is 2.21. The Morgan fingerprint density at radius 2 is 2.21 bits per heavy atom. The fourth-order valence-corrected chi connectivity index (χ4v) is 2.84. The van der Waals surface area contributed by atoms with Gasteiger partial charge in [0.1, 0.15) is 5.69 Å². The SMILES string of the molecule is O=C(NCc1cn(-c2ccsc2)nn1)Nc1ccc2c(c1)OCO2. The van der Waals surface area contributed by atoms with Crippen molar-refractivity contribution in [2.24, 2.45) is 0 Å². The van der Waals surface area contributed by atoms with E-state index in [9.17, 15) is 4.79 Å². The molecule has 0 unspecified atom stereocenters. The van der Waals surface area contributed by atoms with Crippen LogP contribution in [0.25, 0.3) is 5.69 Å². The molecule has 1 aromatic carbocycles. The van der Waals surface area contributed by atoms with Crippen molar-refractivity contribution in [2.75, 3.05) is 12.1 Å². The highest BCUT2D eigenvalue weighted by atomic mass is 32.1. The van der Waals surface area contributed by atoms with E-state index in [2.05, 4.69) is 20.9 Å². The van der Waals surface area contributed by atoms with E-state index in [-0.39, 0.29) is 19.4 Å². The van der Waals surface area contributed by atoms with E-state index in [4.69, 9.17) is 9.47 Å². The van der Waals surface area contributed by atoms with Crippen LogP contribution in [0, 0.1) is 0 Å². The molecule has 2 aromatic heterocycles. The largest absolute Gasteiger partial charge is 0.454 e. The molecule has 0 saturated carbocycles. The monoisotopic (exact) mass is 343 g/mol. The first-order chi connectivity index (χ1) is 11.8. The van der Waals surface area contributed by atoms with Crippen LogP contribution in [0.1, 0.15) is 5.69 Å². The number of nitrogens with zero attached hydrogens (tertiary/aromatic N) is 3. The summed E-state index contributed by atoms with van der Waals surface area (Å²) < 4.78 is 12.2. The number of hydrogen-bond acceptors (Lipinski definition) is 6. The van der Waals surface area contributed by atoms with Gasteiger partial charge in [-0.15, -0.1) is 5.10 Å². The van der Waals surface area contributed by atoms with Crippen molar-refractivity contribution in [1.82, 2.24) is 20.3 Å². The number of carbonyl (C=O) groups excluding carboxylic acids is 1. The number of amides is 2.